The van der Waals surface area contributed by atoms with E-state index in [1.165, 1.54) is 0 Å². The highest BCUT2D eigenvalue weighted by Crippen LogP contribution is 2.46. The first kappa shape index (κ1) is 22.8. The quantitative estimate of drug-likeness (QED) is 0.482. The zero-order valence-electron chi connectivity index (χ0n) is 18.8. The van der Waals surface area contributed by atoms with Gasteiger partial charge in [-0.2, -0.15) is 0 Å². The zero-order valence-corrected chi connectivity index (χ0v) is 18.8. The molecule has 0 amide bonds. The first-order chi connectivity index (χ1) is 13.6. The van der Waals surface area contributed by atoms with Crippen LogP contribution in [-0.2, 0) is 5.41 Å². The normalized spacial score (nSPS) is 13.7. The molecule has 0 aromatic heterocycles. The SMILES string of the molecule is C=Cc1c(C(C)CC)ccc(C(C)(C)c2ccc(C(C)CC)c(C=C)c2O)c1O. The Balaban J connectivity index is 2.70. The topological polar surface area (TPSA) is 40.5 Å². The fourth-order valence-electron chi connectivity index (χ4n) is 4.13. The lowest BCUT2D eigenvalue weighted by Crippen LogP contribution is -2.20. The Morgan fingerprint density at radius 3 is 1.41 bits per heavy atom. The molecule has 0 fully saturated rings. The third-order valence-electron chi connectivity index (χ3n) is 6.54. The summed E-state index contributed by atoms with van der Waals surface area (Å²) < 4.78 is 0. The van der Waals surface area contributed by atoms with Crippen LogP contribution < -0.4 is 0 Å². The number of aromatic hydroxyl groups is 2. The van der Waals surface area contributed by atoms with Gasteiger partial charge in [0.25, 0.3) is 0 Å². The minimum absolute atomic E-state index is 0.244. The lowest BCUT2D eigenvalue weighted by Gasteiger charge is -2.31. The van der Waals surface area contributed by atoms with Gasteiger partial charge in [0.2, 0.25) is 0 Å². The number of hydrogen-bond acceptors (Lipinski definition) is 2. The second kappa shape index (κ2) is 8.90. The molecule has 2 heteroatoms. The molecule has 2 aromatic rings. The van der Waals surface area contributed by atoms with Gasteiger partial charge < -0.3 is 10.2 Å². The van der Waals surface area contributed by atoms with Crippen LogP contribution in [0.15, 0.2) is 37.4 Å². The van der Waals surface area contributed by atoms with Crippen LogP contribution in [0.5, 0.6) is 11.5 Å². The number of phenolic OH excluding ortho intramolecular Hbond substituents is 2. The van der Waals surface area contributed by atoms with Gasteiger partial charge >= 0.3 is 0 Å². The molecule has 2 rings (SSSR count). The molecule has 2 N–H and O–H groups in total. The van der Waals surface area contributed by atoms with E-state index < -0.39 is 5.41 Å². The maximum Gasteiger partial charge on any atom is 0.127 e. The van der Waals surface area contributed by atoms with Crippen molar-refractivity contribution in [1.82, 2.24) is 0 Å². The summed E-state index contributed by atoms with van der Waals surface area (Å²) in [6.45, 7) is 20.5. The van der Waals surface area contributed by atoms with Crippen molar-refractivity contribution in [2.45, 2.75) is 71.6 Å². The van der Waals surface area contributed by atoms with E-state index in [1.807, 2.05) is 26.0 Å². The summed E-state index contributed by atoms with van der Waals surface area (Å²) in [4.78, 5) is 0. The highest BCUT2D eigenvalue weighted by molar-refractivity contribution is 5.68. The van der Waals surface area contributed by atoms with Gasteiger partial charge in [-0.3, -0.25) is 0 Å². The molecule has 0 bridgehead atoms. The van der Waals surface area contributed by atoms with Gasteiger partial charge in [-0.05, 0) is 35.8 Å². The van der Waals surface area contributed by atoms with Crippen molar-refractivity contribution in [3.63, 3.8) is 0 Å². The Kier molecular flexibility index (Phi) is 7.00. The minimum atomic E-state index is -0.592. The molecule has 156 valence electrons. The maximum absolute atomic E-state index is 11.1. The number of phenols is 2. The molecule has 0 aliphatic heterocycles. The average molecular weight is 393 g/mol. The van der Waals surface area contributed by atoms with Crippen LogP contribution >= 0.6 is 0 Å². The highest BCUT2D eigenvalue weighted by Gasteiger charge is 2.32. The standard InChI is InChI=1S/C27H36O2/c1-9-17(5)21-13-15-23(25(28)19(21)11-3)27(7,8)24-16-14-22(18(6)10-2)20(12-4)26(24)29/h11-18,28-29H,3-4,9-10H2,1-2,5-8H3. The average Bonchev–Trinajstić information content (AvgIpc) is 2.71. The Morgan fingerprint density at radius 2 is 1.14 bits per heavy atom. The smallest absolute Gasteiger partial charge is 0.127 e. The van der Waals surface area contributed by atoms with E-state index in [-0.39, 0.29) is 11.5 Å². The molecular weight excluding hydrogens is 356 g/mol. The summed E-state index contributed by atoms with van der Waals surface area (Å²) in [5.74, 6) is 1.16. The molecule has 0 radical (unpaired) electrons. The van der Waals surface area contributed by atoms with Crippen molar-refractivity contribution in [1.29, 1.82) is 0 Å². The van der Waals surface area contributed by atoms with Crippen LogP contribution in [0, 0.1) is 0 Å². The van der Waals surface area contributed by atoms with Gasteiger partial charge in [0.05, 0.1) is 0 Å². The molecule has 2 aromatic carbocycles. The van der Waals surface area contributed by atoms with Crippen molar-refractivity contribution in [3.05, 3.63) is 70.8 Å². The van der Waals surface area contributed by atoms with Crippen LogP contribution in [0.2, 0.25) is 0 Å². The lowest BCUT2D eigenvalue weighted by atomic mass is 9.74. The van der Waals surface area contributed by atoms with Crippen LogP contribution in [0.4, 0.5) is 0 Å². The third-order valence-corrected chi connectivity index (χ3v) is 6.54. The Bertz CT molecular complexity index is 832. The third kappa shape index (κ3) is 3.99. The predicted octanol–water partition coefficient (Wildman–Crippen LogP) is 7.74. The van der Waals surface area contributed by atoms with Crippen molar-refractivity contribution < 1.29 is 10.2 Å². The van der Waals surface area contributed by atoms with Crippen LogP contribution in [0.25, 0.3) is 12.2 Å². The largest absolute Gasteiger partial charge is 0.507 e. The summed E-state index contributed by atoms with van der Waals surface area (Å²) in [5.41, 5.74) is 4.73. The van der Waals surface area contributed by atoms with E-state index in [1.54, 1.807) is 12.2 Å². The fraction of sp³-hybridized carbons (Fsp3) is 0.407. The van der Waals surface area contributed by atoms with Crippen molar-refractivity contribution in [2.75, 3.05) is 0 Å². The van der Waals surface area contributed by atoms with Gasteiger partial charge in [-0.1, -0.05) is 91.1 Å². The molecule has 0 saturated heterocycles. The Hall–Kier alpha value is -2.48. The van der Waals surface area contributed by atoms with Gasteiger partial charge in [-0.25, -0.2) is 0 Å². The Morgan fingerprint density at radius 1 is 0.793 bits per heavy atom. The molecule has 0 heterocycles. The lowest BCUT2D eigenvalue weighted by molar-refractivity contribution is 0.432. The van der Waals surface area contributed by atoms with E-state index in [4.69, 9.17) is 0 Å². The number of hydrogen-bond donors (Lipinski definition) is 2. The molecule has 29 heavy (non-hydrogen) atoms. The van der Waals surface area contributed by atoms with Crippen LogP contribution in [-0.4, -0.2) is 10.2 Å². The second-order valence-electron chi connectivity index (χ2n) is 8.58. The first-order valence-corrected chi connectivity index (χ1v) is 10.6. The van der Waals surface area contributed by atoms with Crippen molar-refractivity contribution >= 4 is 12.2 Å². The number of benzene rings is 2. The second-order valence-corrected chi connectivity index (χ2v) is 8.58. The molecular formula is C27H36O2. The van der Waals surface area contributed by atoms with E-state index >= 15 is 0 Å². The molecule has 0 aliphatic carbocycles. The Labute approximate surface area is 176 Å². The summed E-state index contributed by atoms with van der Waals surface area (Å²) in [6.07, 6.45) is 5.45. The fourth-order valence-corrected chi connectivity index (χ4v) is 4.13. The van der Waals surface area contributed by atoms with Gasteiger partial charge in [0.15, 0.2) is 0 Å². The zero-order chi connectivity index (χ0) is 21.9. The summed E-state index contributed by atoms with van der Waals surface area (Å²) >= 11 is 0. The van der Waals surface area contributed by atoms with Crippen molar-refractivity contribution in [3.8, 4) is 11.5 Å². The van der Waals surface area contributed by atoms with Gasteiger partial charge in [0.1, 0.15) is 11.5 Å². The van der Waals surface area contributed by atoms with Gasteiger partial charge in [0, 0.05) is 27.7 Å². The van der Waals surface area contributed by atoms with Crippen LogP contribution in [0.3, 0.4) is 0 Å². The minimum Gasteiger partial charge on any atom is -0.507 e. The summed E-state index contributed by atoms with van der Waals surface area (Å²) in [6, 6.07) is 8.14. The highest BCUT2D eigenvalue weighted by atomic mass is 16.3. The van der Waals surface area contributed by atoms with E-state index in [9.17, 15) is 10.2 Å². The predicted molar refractivity (Wildman–Crippen MR) is 126 cm³/mol. The van der Waals surface area contributed by atoms with E-state index in [0.717, 1.165) is 46.2 Å². The molecule has 0 saturated carbocycles. The maximum atomic E-state index is 11.1. The molecule has 2 atom stereocenters. The van der Waals surface area contributed by atoms with Crippen LogP contribution in [0.1, 0.15) is 99.6 Å². The molecule has 0 spiro atoms. The molecule has 2 unspecified atom stereocenters. The number of rotatable bonds is 8. The first-order valence-electron chi connectivity index (χ1n) is 10.6. The van der Waals surface area contributed by atoms with Crippen molar-refractivity contribution in [2.24, 2.45) is 0 Å². The van der Waals surface area contributed by atoms with E-state index in [0.29, 0.717) is 11.8 Å². The van der Waals surface area contributed by atoms with E-state index in [2.05, 4.69) is 53.0 Å². The molecule has 2 nitrogen and oxygen atoms in total. The summed E-state index contributed by atoms with van der Waals surface area (Å²) in [5, 5.41) is 22.3. The molecule has 0 aliphatic rings. The summed E-state index contributed by atoms with van der Waals surface area (Å²) in [7, 11) is 0. The monoisotopic (exact) mass is 392 g/mol. The van der Waals surface area contributed by atoms with Gasteiger partial charge in [-0.15, -0.1) is 0 Å².